The molecule has 6 aromatic carbocycles. The summed E-state index contributed by atoms with van der Waals surface area (Å²) in [4.78, 5) is 14.7. The number of furan rings is 1. The second kappa shape index (κ2) is 20.2. The Morgan fingerprint density at radius 1 is 0.696 bits per heavy atom. The summed E-state index contributed by atoms with van der Waals surface area (Å²) in [6, 6.07) is 54.1. The maximum Gasteiger partial charge on any atom is 0.216 e. The summed E-state index contributed by atoms with van der Waals surface area (Å²) in [5.41, 5.74) is 15.1. The number of fused-ring (bicyclic) bond motifs is 5. The summed E-state index contributed by atoms with van der Waals surface area (Å²) < 4.78 is 8.83. The van der Waals surface area contributed by atoms with Gasteiger partial charge >= 0.3 is 0 Å². The molecule has 1 radical (unpaired) electrons. The molecule has 0 atom stereocenters. The quantitative estimate of drug-likeness (QED) is 0.107. The van der Waals surface area contributed by atoms with Crippen LogP contribution in [-0.2, 0) is 26.5 Å². The van der Waals surface area contributed by atoms with Gasteiger partial charge in [0.25, 0.3) is 0 Å². The minimum absolute atomic E-state index is 0. The Kier molecular flexibility index (Phi) is 14.0. The number of pyridine rings is 2. The van der Waals surface area contributed by atoms with E-state index in [1.165, 1.54) is 77.2 Å². The first-order valence-corrected chi connectivity index (χ1v) is 28.2. The van der Waals surface area contributed by atoms with Crippen molar-refractivity contribution in [1.82, 2.24) is 19.5 Å². The molecule has 0 amide bonds. The van der Waals surface area contributed by atoms with Crippen molar-refractivity contribution in [3.8, 4) is 39.5 Å². The molecular formula is C62H62IrN4OSi-2. The summed E-state index contributed by atoms with van der Waals surface area (Å²) in [7, 11) is -1.36. The van der Waals surface area contributed by atoms with E-state index in [1.54, 1.807) is 10.8 Å². The van der Waals surface area contributed by atoms with Gasteiger partial charge in [-0.2, -0.15) is 0 Å². The normalized spacial score (nSPS) is 13.4. The fourth-order valence-electron chi connectivity index (χ4n) is 10.4. The predicted molar refractivity (Wildman–Crippen MR) is 288 cm³/mol. The molecule has 1 aliphatic carbocycles. The number of benzene rings is 6. The van der Waals surface area contributed by atoms with Crippen LogP contribution in [0.4, 0.5) is 0 Å². The first-order chi connectivity index (χ1) is 32.9. The molecule has 0 aliphatic heterocycles. The maximum atomic E-state index is 6.48. The summed E-state index contributed by atoms with van der Waals surface area (Å²) >= 11 is 0. The Balaban J connectivity index is 0.000000209. The molecule has 1 saturated carbocycles. The molecular weight excluding hydrogens is 1040 g/mol. The van der Waals surface area contributed by atoms with Crippen molar-refractivity contribution in [2.45, 2.75) is 105 Å². The van der Waals surface area contributed by atoms with Gasteiger partial charge < -0.3 is 14.0 Å². The molecule has 4 heterocycles. The van der Waals surface area contributed by atoms with Crippen LogP contribution in [0.3, 0.4) is 0 Å². The molecule has 4 aromatic heterocycles. The zero-order chi connectivity index (χ0) is 47.1. The molecule has 1 aliphatic rings. The number of nitrogens with zero attached hydrogens (tertiary/aromatic N) is 4. The molecule has 10 aromatic rings. The van der Waals surface area contributed by atoms with Crippen LogP contribution in [0.25, 0.3) is 83.3 Å². The van der Waals surface area contributed by atoms with Crippen LogP contribution in [0.1, 0.15) is 94.0 Å². The Morgan fingerprint density at radius 2 is 1.42 bits per heavy atom. The average molecular weight is 1100 g/mol. The number of aromatic nitrogens is 4. The van der Waals surface area contributed by atoms with Gasteiger partial charge in [-0.05, 0) is 117 Å². The predicted octanol–water partition coefficient (Wildman–Crippen LogP) is 16.4. The van der Waals surface area contributed by atoms with Crippen LogP contribution in [0.15, 0.2) is 144 Å². The summed E-state index contributed by atoms with van der Waals surface area (Å²) in [6.45, 7) is 18.4. The summed E-state index contributed by atoms with van der Waals surface area (Å²) in [5.74, 6) is 2.23. The van der Waals surface area contributed by atoms with E-state index >= 15 is 0 Å². The van der Waals surface area contributed by atoms with E-state index in [2.05, 4.69) is 179 Å². The van der Waals surface area contributed by atoms with E-state index in [4.69, 9.17) is 19.4 Å². The van der Waals surface area contributed by atoms with Crippen LogP contribution in [0.2, 0.25) is 19.6 Å². The summed E-state index contributed by atoms with van der Waals surface area (Å²) in [5, 5.41) is 6.06. The van der Waals surface area contributed by atoms with Crippen molar-refractivity contribution in [3.05, 3.63) is 174 Å². The number of aryl methyl sites for hydroxylation is 1. The first kappa shape index (κ1) is 48.1. The SMILES string of the molecule is C[Si](C)(C)c1cnc(-c2[c-]cccc2)cc1CC1CCCCC1.Cc1ccc2c(n1)oc1c(-c3nc4ccccc4n3-c3c(C(C)C)cc(-c4ccc5ccccc5c4)cc3C(C)C)[c-]ccc12.[Ir]. The smallest absolute Gasteiger partial charge is 0.216 e. The van der Waals surface area contributed by atoms with Crippen molar-refractivity contribution in [2.75, 3.05) is 0 Å². The van der Waals surface area contributed by atoms with Crippen molar-refractivity contribution in [1.29, 1.82) is 0 Å². The summed E-state index contributed by atoms with van der Waals surface area (Å²) in [6.07, 6.45) is 10.5. The molecule has 0 unspecified atom stereocenters. The van der Waals surface area contributed by atoms with E-state index in [9.17, 15) is 0 Å². The third kappa shape index (κ3) is 9.79. The second-order valence-electron chi connectivity index (χ2n) is 20.6. The fourth-order valence-corrected chi connectivity index (χ4v) is 12.0. The van der Waals surface area contributed by atoms with E-state index in [0.717, 1.165) is 61.6 Å². The number of hydrogen-bond donors (Lipinski definition) is 0. The Labute approximate surface area is 422 Å². The second-order valence-corrected chi connectivity index (χ2v) is 25.6. The Hall–Kier alpha value is -5.98. The molecule has 5 nitrogen and oxygen atoms in total. The average Bonchev–Trinajstić information content (AvgIpc) is 3.92. The number of rotatable bonds is 9. The molecule has 0 saturated heterocycles. The molecule has 351 valence electrons. The standard InChI is InChI=1S/C41H34N3O.C21H28NSi.Ir/c1-24(2)34-22-30(29-19-18-27-11-6-7-12-28(27)21-29)23-35(25(3)4)38(34)44-37-16-9-8-15-36(37)43-40(44)33-14-10-13-31-32-20-17-26(5)42-41(32)45-39(31)33;1-23(2,3)21-16-22-20(18-12-8-5-9-13-18)15-19(21)14-17-10-6-4-7-11-17;/h6-13,15-25H,1-5H3;5,8-9,12,15-17H,4,6-7,10-11,14H2,1-3H3;/q2*-1;. The van der Waals surface area contributed by atoms with Gasteiger partial charge in [0.15, 0.2) is 0 Å². The fraction of sp³-hybridized carbons (Fsp3) is 0.274. The van der Waals surface area contributed by atoms with Crippen LogP contribution in [0, 0.1) is 25.0 Å². The van der Waals surface area contributed by atoms with E-state index in [0.29, 0.717) is 5.71 Å². The van der Waals surface area contributed by atoms with Crippen molar-refractivity contribution in [2.24, 2.45) is 5.92 Å². The third-order valence-electron chi connectivity index (χ3n) is 14.0. The molecule has 0 N–H and O–H groups in total. The molecule has 7 heteroatoms. The number of para-hydroxylation sites is 2. The Morgan fingerprint density at radius 3 is 2.14 bits per heavy atom. The van der Waals surface area contributed by atoms with Gasteiger partial charge in [-0.15, -0.1) is 54.1 Å². The third-order valence-corrected chi connectivity index (χ3v) is 16.0. The maximum absolute atomic E-state index is 6.48. The van der Waals surface area contributed by atoms with Gasteiger partial charge in [0, 0.05) is 43.1 Å². The first-order valence-electron chi connectivity index (χ1n) is 24.7. The van der Waals surface area contributed by atoms with Gasteiger partial charge in [-0.1, -0.05) is 151 Å². The number of hydrogen-bond acceptors (Lipinski definition) is 4. The van der Waals surface area contributed by atoms with Gasteiger partial charge in [0.2, 0.25) is 5.71 Å². The topological polar surface area (TPSA) is 56.7 Å². The largest absolute Gasteiger partial charge is 0.486 e. The van der Waals surface area contributed by atoms with E-state index in [-0.39, 0.29) is 31.9 Å². The number of imidazole rings is 1. The van der Waals surface area contributed by atoms with E-state index in [1.807, 2.05) is 31.2 Å². The van der Waals surface area contributed by atoms with Gasteiger partial charge in [0.1, 0.15) is 0 Å². The monoisotopic (exact) mass is 1100 g/mol. The minimum Gasteiger partial charge on any atom is -0.486 e. The van der Waals surface area contributed by atoms with Crippen LogP contribution in [0.5, 0.6) is 0 Å². The van der Waals surface area contributed by atoms with Crippen LogP contribution in [-0.4, -0.2) is 27.6 Å². The molecule has 69 heavy (non-hydrogen) atoms. The van der Waals surface area contributed by atoms with Gasteiger partial charge in [-0.25, -0.2) is 4.98 Å². The molecule has 0 bridgehead atoms. The Bertz CT molecular complexity index is 3400. The van der Waals surface area contributed by atoms with Crippen molar-refractivity contribution >= 4 is 57.1 Å². The van der Waals surface area contributed by atoms with Crippen molar-refractivity contribution < 1.29 is 24.5 Å². The van der Waals surface area contributed by atoms with Gasteiger partial charge in [0.05, 0.1) is 30.5 Å². The van der Waals surface area contributed by atoms with E-state index < -0.39 is 8.07 Å². The van der Waals surface area contributed by atoms with Crippen LogP contribution >= 0.6 is 0 Å². The molecule has 0 spiro atoms. The zero-order valence-corrected chi connectivity index (χ0v) is 44.7. The van der Waals surface area contributed by atoms with Crippen LogP contribution < -0.4 is 5.19 Å². The van der Waals surface area contributed by atoms with Crippen molar-refractivity contribution in [3.63, 3.8) is 0 Å². The molecule has 1 fully saturated rings. The minimum atomic E-state index is -1.36. The molecule has 11 rings (SSSR count). The van der Waals surface area contributed by atoms with Gasteiger partial charge in [-0.3, -0.25) is 4.98 Å². The zero-order valence-electron chi connectivity index (χ0n) is 41.3.